The van der Waals surface area contributed by atoms with Gasteiger partial charge in [0.2, 0.25) is 17.8 Å². The van der Waals surface area contributed by atoms with Gasteiger partial charge in [0.15, 0.2) is 0 Å². The molecule has 45 heavy (non-hydrogen) atoms. The molecule has 3 aliphatic heterocycles. The number of anilines is 1. The summed E-state index contributed by atoms with van der Waals surface area (Å²) in [6.07, 6.45) is 8.87. The minimum Gasteiger partial charge on any atom is -0.493 e. The number of piperidine rings is 1. The van der Waals surface area contributed by atoms with E-state index in [4.69, 9.17) is 20.9 Å². The van der Waals surface area contributed by atoms with Crippen LogP contribution in [0.15, 0.2) is 30.6 Å². The summed E-state index contributed by atoms with van der Waals surface area (Å²) in [5.74, 6) is 0.780. The summed E-state index contributed by atoms with van der Waals surface area (Å²) in [7, 11) is -4.01. The number of aromatic nitrogens is 2. The standard InChI is InChI=1S/C31H41ClFN5O6S/c32-25-18-34-30(35-19-25)36-11-8-23(9-12-36)4-3-14-44-26-7-6-24(27(33)17-26)16-29(40)37-13-10-31(20-37)21-38(22-31)28(39)5-1-2-15-45(41,42)43/h6-7,17-19,23H,1-5,8-16,20-22H2,(H,41,42,43). The smallest absolute Gasteiger partial charge is 0.264 e. The van der Waals surface area contributed by atoms with E-state index in [1.54, 1.807) is 34.3 Å². The number of carbonyl (C=O) groups excluding carboxylic acids is 2. The summed E-state index contributed by atoms with van der Waals surface area (Å²) in [5.41, 5.74) is 0.207. The van der Waals surface area contributed by atoms with Gasteiger partial charge in [-0.25, -0.2) is 14.4 Å². The van der Waals surface area contributed by atoms with Crippen molar-refractivity contribution in [3.63, 3.8) is 0 Å². The largest absolute Gasteiger partial charge is 0.493 e. The van der Waals surface area contributed by atoms with Crippen LogP contribution in [-0.4, -0.2) is 96.2 Å². The molecule has 11 nitrogen and oxygen atoms in total. The molecule has 3 fully saturated rings. The lowest BCUT2D eigenvalue weighted by Crippen LogP contribution is -2.59. The Hall–Kier alpha value is -3.03. The lowest BCUT2D eigenvalue weighted by Gasteiger charge is -2.48. The lowest BCUT2D eigenvalue weighted by atomic mass is 9.79. The molecule has 4 heterocycles. The zero-order valence-corrected chi connectivity index (χ0v) is 26.9. The maximum atomic E-state index is 14.9. The molecule has 3 saturated heterocycles. The number of benzene rings is 1. The van der Waals surface area contributed by atoms with E-state index in [0.717, 1.165) is 45.2 Å². The van der Waals surface area contributed by atoms with Crippen molar-refractivity contribution in [3.05, 3.63) is 47.0 Å². The average Bonchev–Trinajstić information content (AvgIpc) is 3.45. The van der Waals surface area contributed by atoms with Crippen LogP contribution >= 0.6 is 11.6 Å². The predicted octanol–water partition coefficient (Wildman–Crippen LogP) is 4.01. The van der Waals surface area contributed by atoms with Crippen LogP contribution in [0.3, 0.4) is 0 Å². The Morgan fingerprint density at radius 3 is 2.42 bits per heavy atom. The van der Waals surface area contributed by atoms with Gasteiger partial charge in [0, 0.05) is 57.2 Å². The molecule has 0 radical (unpaired) electrons. The second-order valence-electron chi connectivity index (χ2n) is 12.6. The Labute approximate surface area is 268 Å². The van der Waals surface area contributed by atoms with E-state index in [0.29, 0.717) is 67.4 Å². The first-order valence-electron chi connectivity index (χ1n) is 15.6. The number of halogens is 2. The second-order valence-corrected chi connectivity index (χ2v) is 14.6. The molecule has 1 spiro atoms. The van der Waals surface area contributed by atoms with E-state index in [9.17, 15) is 22.4 Å². The quantitative estimate of drug-likeness (QED) is 0.249. The maximum Gasteiger partial charge on any atom is 0.264 e. The van der Waals surface area contributed by atoms with E-state index in [-0.39, 0.29) is 42.2 Å². The molecule has 2 amide bonds. The van der Waals surface area contributed by atoms with Gasteiger partial charge in [0.1, 0.15) is 11.6 Å². The number of unbranched alkanes of at least 4 members (excludes halogenated alkanes) is 1. The molecular weight excluding hydrogens is 625 g/mol. The van der Waals surface area contributed by atoms with E-state index in [1.165, 1.54) is 6.07 Å². The summed E-state index contributed by atoms with van der Waals surface area (Å²) in [6.45, 7) is 4.54. The Kier molecular flexibility index (Phi) is 10.8. The van der Waals surface area contributed by atoms with Crippen LogP contribution in [0.25, 0.3) is 0 Å². The minimum absolute atomic E-state index is 0.0294. The molecule has 1 N–H and O–H groups in total. The zero-order valence-electron chi connectivity index (χ0n) is 25.4. The second kappa shape index (κ2) is 14.6. The number of nitrogens with zero attached hydrogens (tertiary/aromatic N) is 5. The van der Waals surface area contributed by atoms with Crippen molar-refractivity contribution < 1.29 is 31.7 Å². The van der Waals surface area contributed by atoms with Crippen LogP contribution in [0.2, 0.25) is 5.02 Å². The van der Waals surface area contributed by atoms with Crippen LogP contribution in [0, 0.1) is 17.2 Å². The number of likely N-dealkylation sites (tertiary alicyclic amines) is 2. The van der Waals surface area contributed by atoms with Crippen molar-refractivity contribution in [2.45, 2.75) is 57.8 Å². The first kappa shape index (κ1) is 33.3. The molecule has 0 unspecified atom stereocenters. The summed E-state index contributed by atoms with van der Waals surface area (Å²) < 4.78 is 51.1. The molecule has 246 valence electrons. The molecule has 1 aromatic carbocycles. The highest BCUT2D eigenvalue weighted by Gasteiger charge is 2.49. The summed E-state index contributed by atoms with van der Waals surface area (Å²) in [4.78, 5) is 39.7. The van der Waals surface area contributed by atoms with Crippen molar-refractivity contribution >= 4 is 39.5 Å². The molecule has 0 aliphatic carbocycles. The highest BCUT2D eigenvalue weighted by atomic mass is 35.5. The number of amides is 2. The van der Waals surface area contributed by atoms with Gasteiger partial charge in [-0.2, -0.15) is 8.42 Å². The maximum absolute atomic E-state index is 14.9. The number of hydrogen-bond donors (Lipinski definition) is 1. The summed E-state index contributed by atoms with van der Waals surface area (Å²) >= 11 is 5.88. The average molecular weight is 666 g/mol. The monoisotopic (exact) mass is 665 g/mol. The van der Waals surface area contributed by atoms with Gasteiger partial charge < -0.3 is 19.4 Å². The number of ether oxygens (including phenoxy) is 1. The molecule has 0 atom stereocenters. The first-order valence-corrected chi connectivity index (χ1v) is 17.6. The van der Waals surface area contributed by atoms with Crippen molar-refractivity contribution in [1.29, 1.82) is 0 Å². The van der Waals surface area contributed by atoms with Crippen LogP contribution in [0.1, 0.15) is 56.9 Å². The Balaban J connectivity index is 0.974. The van der Waals surface area contributed by atoms with Crippen molar-refractivity contribution in [2.24, 2.45) is 11.3 Å². The SMILES string of the molecule is O=C(Cc1ccc(OCCCC2CCN(c3ncc(Cl)cn3)CC2)cc1F)N1CCC2(C1)CN(C(=O)CCCCS(=O)(=O)O)C2. The van der Waals surface area contributed by atoms with E-state index >= 15 is 0 Å². The van der Waals surface area contributed by atoms with E-state index in [1.807, 2.05) is 0 Å². The van der Waals surface area contributed by atoms with Gasteiger partial charge >= 0.3 is 0 Å². The molecule has 0 bridgehead atoms. The molecule has 5 rings (SSSR count). The van der Waals surface area contributed by atoms with Crippen LogP contribution in [-0.2, 0) is 26.1 Å². The van der Waals surface area contributed by atoms with Gasteiger partial charge in [-0.1, -0.05) is 17.7 Å². The molecule has 2 aromatic rings. The molecule has 0 saturated carbocycles. The van der Waals surface area contributed by atoms with E-state index in [2.05, 4.69) is 14.9 Å². The highest BCUT2D eigenvalue weighted by molar-refractivity contribution is 7.85. The number of hydrogen-bond acceptors (Lipinski definition) is 8. The fourth-order valence-electron chi connectivity index (χ4n) is 6.55. The van der Waals surface area contributed by atoms with Crippen LogP contribution < -0.4 is 9.64 Å². The van der Waals surface area contributed by atoms with Crippen LogP contribution in [0.4, 0.5) is 10.3 Å². The van der Waals surface area contributed by atoms with Gasteiger partial charge in [-0.15, -0.1) is 0 Å². The molecule has 3 aliphatic rings. The third-order valence-electron chi connectivity index (χ3n) is 9.13. The predicted molar refractivity (Wildman–Crippen MR) is 167 cm³/mol. The molecule has 1 aromatic heterocycles. The van der Waals surface area contributed by atoms with Crippen molar-refractivity contribution in [1.82, 2.24) is 19.8 Å². The molecule has 14 heteroatoms. The summed E-state index contributed by atoms with van der Waals surface area (Å²) in [5, 5.41) is 0.527. The van der Waals surface area contributed by atoms with Crippen molar-refractivity contribution in [2.75, 3.05) is 56.5 Å². The third kappa shape index (κ3) is 9.26. The first-order chi connectivity index (χ1) is 21.5. The van der Waals surface area contributed by atoms with Gasteiger partial charge in [-0.3, -0.25) is 14.1 Å². The Bertz CT molecular complexity index is 1450. The zero-order chi connectivity index (χ0) is 32.0. The topological polar surface area (TPSA) is 133 Å². The lowest BCUT2D eigenvalue weighted by molar-refractivity contribution is -0.143. The van der Waals surface area contributed by atoms with Gasteiger partial charge in [0.25, 0.3) is 10.1 Å². The Morgan fingerprint density at radius 2 is 1.73 bits per heavy atom. The summed E-state index contributed by atoms with van der Waals surface area (Å²) in [6, 6.07) is 4.69. The van der Waals surface area contributed by atoms with Crippen LogP contribution in [0.5, 0.6) is 5.75 Å². The molecular formula is C31H41ClFN5O6S. The number of carbonyl (C=O) groups is 2. The van der Waals surface area contributed by atoms with Crippen molar-refractivity contribution in [3.8, 4) is 5.75 Å². The third-order valence-corrected chi connectivity index (χ3v) is 10.1. The fourth-order valence-corrected chi connectivity index (χ4v) is 7.22. The Morgan fingerprint density at radius 1 is 1.02 bits per heavy atom. The number of rotatable bonds is 13. The normalized spacial score (nSPS) is 18.3. The van der Waals surface area contributed by atoms with E-state index < -0.39 is 15.9 Å². The van der Waals surface area contributed by atoms with Gasteiger partial charge in [-0.05, 0) is 62.5 Å². The minimum atomic E-state index is -4.01. The fraction of sp³-hybridized carbons (Fsp3) is 0.613. The van der Waals surface area contributed by atoms with Gasteiger partial charge in [0.05, 0.1) is 36.2 Å². The highest BCUT2D eigenvalue weighted by Crippen LogP contribution is 2.40.